The van der Waals surface area contributed by atoms with Gasteiger partial charge in [0.2, 0.25) is 0 Å². The van der Waals surface area contributed by atoms with Crippen LogP contribution >= 0.6 is 11.3 Å². The lowest BCUT2D eigenvalue weighted by Crippen LogP contribution is -2.09. The third-order valence-electron chi connectivity index (χ3n) is 2.69. The quantitative estimate of drug-likeness (QED) is 0.664. The van der Waals surface area contributed by atoms with E-state index in [4.69, 9.17) is 0 Å². The predicted molar refractivity (Wildman–Crippen MR) is 67.4 cm³/mol. The van der Waals surface area contributed by atoms with Crippen molar-refractivity contribution >= 4 is 11.3 Å². The highest BCUT2D eigenvalue weighted by Gasteiger charge is 2.05. The van der Waals surface area contributed by atoms with Gasteiger partial charge in [-0.05, 0) is 35.2 Å². The fourth-order valence-corrected chi connectivity index (χ4v) is 2.45. The van der Waals surface area contributed by atoms with Crippen molar-refractivity contribution in [3.63, 3.8) is 0 Å². The van der Waals surface area contributed by atoms with E-state index in [0.29, 0.717) is 0 Å². The van der Waals surface area contributed by atoms with Gasteiger partial charge in [-0.15, -0.1) is 0 Å². The zero-order valence-corrected chi connectivity index (χ0v) is 10.4. The van der Waals surface area contributed by atoms with Crippen LogP contribution in [0.15, 0.2) is 16.8 Å². The molecule has 0 radical (unpaired) electrons. The van der Waals surface area contributed by atoms with E-state index in [1.165, 1.54) is 37.7 Å². The molecule has 2 heteroatoms. The van der Waals surface area contributed by atoms with Gasteiger partial charge in [-0.2, -0.15) is 11.3 Å². The Morgan fingerprint density at radius 1 is 1.27 bits per heavy atom. The third-order valence-corrected chi connectivity index (χ3v) is 3.42. The molecule has 1 unspecified atom stereocenters. The van der Waals surface area contributed by atoms with Gasteiger partial charge >= 0.3 is 0 Å². The molecule has 0 aromatic carbocycles. The van der Waals surface area contributed by atoms with Crippen molar-refractivity contribution in [2.45, 2.75) is 58.0 Å². The summed E-state index contributed by atoms with van der Waals surface area (Å²) < 4.78 is 0. The Hall–Kier alpha value is -0.340. The molecule has 0 spiro atoms. The Morgan fingerprint density at radius 2 is 2.07 bits per heavy atom. The lowest BCUT2D eigenvalue weighted by molar-refractivity contribution is 0.161. The summed E-state index contributed by atoms with van der Waals surface area (Å²) >= 11 is 1.71. The molecule has 1 N–H and O–H groups in total. The summed E-state index contributed by atoms with van der Waals surface area (Å²) in [6, 6.07) is 2.10. The topological polar surface area (TPSA) is 20.2 Å². The van der Waals surface area contributed by atoms with Crippen LogP contribution < -0.4 is 0 Å². The van der Waals surface area contributed by atoms with Crippen LogP contribution in [0.4, 0.5) is 0 Å². The first-order valence-electron chi connectivity index (χ1n) is 6.02. The van der Waals surface area contributed by atoms with Crippen molar-refractivity contribution in [3.05, 3.63) is 22.4 Å². The number of rotatable bonds is 8. The Kier molecular flexibility index (Phi) is 6.69. The lowest BCUT2D eigenvalue weighted by Gasteiger charge is -2.08. The summed E-state index contributed by atoms with van der Waals surface area (Å²) in [5, 5.41) is 14.0. The van der Waals surface area contributed by atoms with Gasteiger partial charge in [0.05, 0.1) is 6.10 Å². The van der Waals surface area contributed by atoms with Gasteiger partial charge in [-0.3, -0.25) is 0 Å². The molecule has 0 aliphatic carbocycles. The highest BCUT2D eigenvalue weighted by molar-refractivity contribution is 7.07. The van der Waals surface area contributed by atoms with Crippen LogP contribution in [0, 0.1) is 0 Å². The largest absolute Gasteiger partial charge is 0.393 e. The fourth-order valence-electron chi connectivity index (χ4n) is 1.77. The minimum Gasteiger partial charge on any atom is -0.393 e. The molecular weight excluding hydrogens is 204 g/mol. The predicted octanol–water partition coefficient (Wildman–Crippen LogP) is 4.01. The maximum Gasteiger partial charge on any atom is 0.0580 e. The number of aliphatic hydroxyl groups excluding tert-OH is 1. The highest BCUT2D eigenvalue weighted by atomic mass is 32.1. The van der Waals surface area contributed by atoms with E-state index in [2.05, 4.69) is 23.8 Å². The van der Waals surface area contributed by atoms with Crippen LogP contribution in [0.25, 0.3) is 0 Å². The van der Waals surface area contributed by atoms with Crippen molar-refractivity contribution in [2.24, 2.45) is 0 Å². The van der Waals surface area contributed by atoms with Gasteiger partial charge < -0.3 is 5.11 Å². The SMILES string of the molecule is CCCCCCCC(O)Cc1ccsc1. The molecule has 1 aromatic rings. The number of hydrogen-bond donors (Lipinski definition) is 1. The zero-order chi connectivity index (χ0) is 10.9. The van der Waals surface area contributed by atoms with Crippen LogP contribution in [0.2, 0.25) is 0 Å². The van der Waals surface area contributed by atoms with Crippen LogP contribution in [-0.4, -0.2) is 11.2 Å². The number of aliphatic hydroxyl groups is 1. The molecule has 1 rings (SSSR count). The first kappa shape index (κ1) is 12.7. The normalized spacial score (nSPS) is 12.9. The molecule has 0 saturated carbocycles. The van der Waals surface area contributed by atoms with E-state index in [0.717, 1.165) is 12.8 Å². The van der Waals surface area contributed by atoms with Crippen molar-refractivity contribution < 1.29 is 5.11 Å². The maximum absolute atomic E-state index is 9.78. The second kappa shape index (κ2) is 7.89. The summed E-state index contributed by atoms with van der Waals surface area (Å²) in [5.74, 6) is 0. The van der Waals surface area contributed by atoms with Crippen molar-refractivity contribution in [3.8, 4) is 0 Å². The van der Waals surface area contributed by atoms with E-state index in [1.54, 1.807) is 11.3 Å². The first-order valence-corrected chi connectivity index (χ1v) is 6.96. The van der Waals surface area contributed by atoms with Gasteiger partial charge in [0.1, 0.15) is 0 Å². The molecule has 0 bridgehead atoms. The van der Waals surface area contributed by atoms with Crippen LogP contribution in [-0.2, 0) is 6.42 Å². The van der Waals surface area contributed by atoms with E-state index >= 15 is 0 Å². The molecule has 1 nitrogen and oxygen atoms in total. The minimum atomic E-state index is -0.138. The number of hydrogen-bond acceptors (Lipinski definition) is 2. The van der Waals surface area contributed by atoms with E-state index in [1.807, 2.05) is 0 Å². The molecule has 0 fully saturated rings. The van der Waals surface area contributed by atoms with Gasteiger partial charge in [0, 0.05) is 0 Å². The fraction of sp³-hybridized carbons (Fsp3) is 0.692. The van der Waals surface area contributed by atoms with Gasteiger partial charge in [0.25, 0.3) is 0 Å². The molecule has 1 aromatic heterocycles. The molecule has 1 heterocycles. The van der Waals surface area contributed by atoms with Crippen LogP contribution in [0.3, 0.4) is 0 Å². The molecule has 86 valence electrons. The molecule has 0 aliphatic heterocycles. The molecule has 0 amide bonds. The van der Waals surface area contributed by atoms with Crippen LogP contribution in [0.1, 0.15) is 51.0 Å². The van der Waals surface area contributed by atoms with Crippen molar-refractivity contribution in [1.29, 1.82) is 0 Å². The summed E-state index contributed by atoms with van der Waals surface area (Å²) in [4.78, 5) is 0. The van der Waals surface area contributed by atoms with Gasteiger partial charge in [-0.1, -0.05) is 39.0 Å². The Labute approximate surface area is 97.2 Å². The maximum atomic E-state index is 9.78. The van der Waals surface area contributed by atoms with Crippen molar-refractivity contribution in [2.75, 3.05) is 0 Å². The minimum absolute atomic E-state index is 0.138. The molecule has 0 saturated heterocycles. The summed E-state index contributed by atoms with van der Waals surface area (Å²) in [6.07, 6.45) is 8.04. The van der Waals surface area contributed by atoms with E-state index < -0.39 is 0 Å². The second-order valence-corrected chi connectivity index (χ2v) is 4.97. The zero-order valence-electron chi connectivity index (χ0n) is 9.61. The number of unbranched alkanes of at least 4 members (excludes halogenated alkanes) is 4. The standard InChI is InChI=1S/C13H22OS/c1-2-3-4-5-6-7-13(14)10-12-8-9-15-11-12/h8-9,11,13-14H,2-7,10H2,1H3. The van der Waals surface area contributed by atoms with Crippen LogP contribution in [0.5, 0.6) is 0 Å². The highest BCUT2D eigenvalue weighted by Crippen LogP contribution is 2.13. The van der Waals surface area contributed by atoms with E-state index in [9.17, 15) is 5.11 Å². The van der Waals surface area contributed by atoms with E-state index in [-0.39, 0.29) is 6.10 Å². The molecule has 0 aliphatic rings. The Bertz CT molecular complexity index is 231. The van der Waals surface area contributed by atoms with Gasteiger partial charge in [-0.25, -0.2) is 0 Å². The summed E-state index contributed by atoms with van der Waals surface area (Å²) in [5.41, 5.74) is 1.28. The molecular formula is C13H22OS. The lowest BCUT2D eigenvalue weighted by atomic mass is 10.0. The monoisotopic (exact) mass is 226 g/mol. The van der Waals surface area contributed by atoms with Gasteiger partial charge in [0.15, 0.2) is 0 Å². The molecule has 1 atom stereocenters. The summed E-state index contributed by atoms with van der Waals surface area (Å²) in [7, 11) is 0. The average molecular weight is 226 g/mol. The Morgan fingerprint density at radius 3 is 2.73 bits per heavy atom. The summed E-state index contributed by atoms with van der Waals surface area (Å²) in [6.45, 7) is 2.23. The Balaban J connectivity index is 2.01. The average Bonchev–Trinajstić information content (AvgIpc) is 2.70. The third kappa shape index (κ3) is 5.95. The number of thiophene rings is 1. The van der Waals surface area contributed by atoms with Crippen molar-refractivity contribution in [1.82, 2.24) is 0 Å². The first-order chi connectivity index (χ1) is 7.33. The smallest absolute Gasteiger partial charge is 0.0580 e. The second-order valence-electron chi connectivity index (χ2n) is 4.19. The molecule has 15 heavy (non-hydrogen) atoms.